The second-order valence-corrected chi connectivity index (χ2v) is 4.47. The van der Waals surface area contributed by atoms with Crippen LogP contribution in [0.5, 0.6) is 0 Å². The topological polar surface area (TPSA) is 128 Å². The van der Waals surface area contributed by atoms with Crippen LogP contribution in [0.4, 0.5) is 4.79 Å². The first-order valence-corrected chi connectivity index (χ1v) is 6.69. The number of aromatic nitrogens is 4. The first-order valence-electron chi connectivity index (χ1n) is 5.71. The zero-order valence-corrected chi connectivity index (χ0v) is 12.1. The molecule has 0 aliphatic carbocycles. The van der Waals surface area contributed by atoms with Gasteiger partial charge < -0.3 is 10.1 Å². The van der Waals surface area contributed by atoms with Gasteiger partial charge in [0.25, 0.3) is 0 Å². The van der Waals surface area contributed by atoms with E-state index in [0.29, 0.717) is 0 Å². The maximum atomic E-state index is 11.5. The van der Waals surface area contributed by atoms with Crippen LogP contribution in [0.3, 0.4) is 0 Å². The number of imide groups is 1. The van der Waals surface area contributed by atoms with Crippen molar-refractivity contribution in [1.82, 2.24) is 30.8 Å². The van der Waals surface area contributed by atoms with Crippen molar-refractivity contribution < 1.29 is 19.1 Å². The second kappa shape index (κ2) is 8.68. The van der Waals surface area contributed by atoms with Gasteiger partial charge in [0.1, 0.15) is 6.54 Å². The molecule has 0 saturated heterocycles. The molecular weight excluding hydrogens is 300 g/mol. The second-order valence-electron chi connectivity index (χ2n) is 3.53. The van der Waals surface area contributed by atoms with Gasteiger partial charge in [-0.2, -0.15) is 0 Å². The summed E-state index contributed by atoms with van der Waals surface area (Å²) >= 11 is 0.987. The minimum absolute atomic E-state index is 0.0803. The van der Waals surface area contributed by atoms with Gasteiger partial charge >= 0.3 is 12.0 Å². The van der Waals surface area contributed by atoms with E-state index in [1.54, 1.807) is 0 Å². The number of amides is 3. The number of methoxy groups -OCH3 is 1. The molecule has 0 fully saturated rings. The Kier molecular flexibility index (Phi) is 6.87. The minimum Gasteiger partial charge on any atom is -0.468 e. The summed E-state index contributed by atoms with van der Waals surface area (Å²) in [7, 11) is 1.24. The molecule has 11 heteroatoms. The molecule has 0 radical (unpaired) electrons. The number of hydrogen-bond acceptors (Lipinski definition) is 8. The Hall–Kier alpha value is -2.43. The summed E-state index contributed by atoms with van der Waals surface area (Å²) in [6.45, 7) is 3.52. The Balaban J connectivity index is 2.43. The Bertz CT molecular complexity index is 531. The third-order valence-electron chi connectivity index (χ3n) is 2.00. The number of carbonyl (C=O) groups excluding carboxylic acids is 3. The van der Waals surface area contributed by atoms with E-state index in [-0.39, 0.29) is 24.0 Å². The highest BCUT2D eigenvalue weighted by Crippen LogP contribution is 2.12. The van der Waals surface area contributed by atoms with Crippen LogP contribution in [0.1, 0.15) is 0 Å². The van der Waals surface area contributed by atoms with E-state index in [2.05, 4.69) is 37.5 Å². The molecule has 0 aromatic carbocycles. The van der Waals surface area contributed by atoms with Crippen molar-refractivity contribution in [1.29, 1.82) is 0 Å². The van der Waals surface area contributed by atoms with Crippen LogP contribution in [-0.2, 0) is 20.9 Å². The van der Waals surface area contributed by atoms with E-state index in [0.717, 1.165) is 11.8 Å². The minimum atomic E-state index is -0.616. The average molecular weight is 314 g/mol. The Morgan fingerprint density at radius 3 is 2.90 bits per heavy atom. The zero-order chi connectivity index (χ0) is 15.7. The molecule has 1 rings (SSSR count). The molecule has 0 aliphatic rings. The highest BCUT2D eigenvalue weighted by Gasteiger charge is 2.14. The first-order chi connectivity index (χ1) is 10.1. The van der Waals surface area contributed by atoms with E-state index < -0.39 is 17.9 Å². The molecule has 0 atom stereocenters. The number of esters is 1. The Morgan fingerprint density at radius 1 is 1.48 bits per heavy atom. The molecule has 1 aromatic rings. The summed E-state index contributed by atoms with van der Waals surface area (Å²) in [6.07, 6.45) is 1.49. The summed E-state index contributed by atoms with van der Waals surface area (Å²) in [4.78, 5) is 33.9. The molecule has 0 aliphatic heterocycles. The molecular formula is C10H14N6O4S. The van der Waals surface area contributed by atoms with Crippen LogP contribution >= 0.6 is 11.8 Å². The van der Waals surface area contributed by atoms with Crippen LogP contribution in [0.15, 0.2) is 17.8 Å². The van der Waals surface area contributed by atoms with Crippen LogP contribution < -0.4 is 10.6 Å². The van der Waals surface area contributed by atoms with Crippen LogP contribution in [0, 0.1) is 0 Å². The van der Waals surface area contributed by atoms with E-state index >= 15 is 0 Å². The lowest BCUT2D eigenvalue weighted by molar-refractivity contribution is -0.141. The predicted molar refractivity (Wildman–Crippen MR) is 72.3 cm³/mol. The van der Waals surface area contributed by atoms with Crippen LogP contribution in [-0.4, -0.2) is 57.5 Å². The highest BCUT2D eigenvalue weighted by molar-refractivity contribution is 7.99. The van der Waals surface area contributed by atoms with Crippen LogP contribution in [0.25, 0.3) is 0 Å². The molecule has 0 spiro atoms. The molecule has 0 saturated carbocycles. The van der Waals surface area contributed by atoms with E-state index in [4.69, 9.17) is 0 Å². The summed E-state index contributed by atoms with van der Waals surface area (Å²) in [5.41, 5.74) is 0. The fraction of sp³-hybridized carbons (Fsp3) is 0.400. The Labute approximate surface area is 124 Å². The smallest absolute Gasteiger partial charge is 0.327 e. The summed E-state index contributed by atoms with van der Waals surface area (Å²) in [6, 6.07) is -0.616. The van der Waals surface area contributed by atoms with Gasteiger partial charge in [-0.05, 0) is 10.4 Å². The number of nitrogens with one attached hydrogen (secondary N) is 2. The van der Waals surface area contributed by atoms with Gasteiger partial charge in [0.2, 0.25) is 11.1 Å². The van der Waals surface area contributed by atoms with E-state index in [9.17, 15) is 14.4 Å². The summed E-state index contributed by atoms with van der Waals surface area (Å²) < 4.78 is 5.69. The number of hydrogen-bond donors (Lipinski definition) is 2. The number of rotatable bonds is 7. The third-order valence-corrected chi connectivity index (χ3v) is 2.95. The van der Waals surface area contributed by atoms with Crippen molar-refractivity contribution >= 4 is 29.7 Å². The number of thioether (sulfide) groups is 1. The maximum absolute atomic E-state index is 11.5. The molecule has 0 unspecified atom stereocenters. The van der Waals surface area contributed by atoms with Crippen LogP contribution in [0.2, 0.25) is 0 Å². The van der Waals surface area contributed by atoms with Gasteiger partial charge in [-0.15, -0.1) is 11.7 Å². The van der Waals surface area contributed by atoms with Gasteiger partial charge in [-0.3, -0.25) is 14.9 Å². The van der Waals surface area contributed by atoms with Crippen molar-refractivity contribution in [2.75, 3.05) is 19.4 Å². The molecule has 114 valence electrons. The van der Waals surface area contributed by atoms with Crippen molar-refractivity contribution in [2.24, 2.45) is 0 Å². The van der Waals surface area contributed by atoms with Crippen molar-refractivity contribution in [3.8, 4) is 0 Å². The molecule has 2 N–H and O–H groups in total. The lowest BCUT2D eigenvalue weighted by atomic mass is 10.6. The summed E-state index contributed by atoms with van der Waals surface area (Å²) in [5, 5.41) is 15.4. The maximum Gasteiger partial charge on any atom is 0.327 e. The molecule has 1 aromatic heterocycles. The predicted octanol–water partition coefficient (Wildman–Crippen LogP) is -1.05. The number of ether oxygens (including phenoxy) is 1. The number of urea groups is 1. The van der Waals surface area contributed by atoms with Gasteiger partial charge in [-0.1, -0.05) is 17.8 Å². The average Bonchev–Trinajstić information content (AvgIpc) is 2.89. The highest BCUT2D eigenvalue weighted by atomic mass is 32.2. The first kappa shape index (κ1) is 16.6. The van der Waals surface area contributed by atoms with E-state index in [1.165, 1.54) is 17.9 Å². The third kappa shape index (κ3) is 6.03. The SMILES string of the molecule is C=CCNC(=O)NC(=O)CSc1nnnn1CC(=O)OC. The monoisotopic (exact) mass is 314 g/mol. The molecule has 0 bridgehead atoms. The largest absolute Gasteiger partial charge is 0.468 e. The molecule has 21 heavy (non-hydrogen) atoms. The molecule has 3 amide bonds. The fourth-order valence-corrected chi connectivity index (χ4v) is 1.76. The van der Waals surface area contributed by atoms with Crippen molar-refractivity contribution in [3.05, 3.63) is 12.7 Å². The number of carbonyl (C=O) groups is 3. The standard InChI is InChI=1S/C10H14N6O4S/c1-3-4-11-9(19)12-7(17)6-21-10-13-14-15-16(10)5-8(18)20-2/h3H,1,4-6H2,2H3,(H2,11,12,17,19). The normalized spacial score (nSPS) is 9.76. The van der Waals surface area contributed by atoms with Gasteiger partial charge in [0.15, 0.2) is 0 Å². The quantitative estimate of drug-likeness (QED) is 0.371. The lowest BCUT2D eigenvalue weighted by Crippen LogP contribution is -2.40. The zero-order valence-electron chi connectivity index (χ0n) is 11.2. The van der Waals surface area contributed by atoms with Crippen molar-refractivity contribution in [3.63, 3.8) is 0 Å². The Morgan fingerprint density at radius 2 is 2.24 bits per heavy atom. The number of tetrazole rings is 1. The lowest BCUT2D eigenvalue weighted by Gasteiger charge is -2.05. The van der Waals surface area contributed by atoms with Crippen molar-refractivity contribution in [2.45, 2.75) is 11.7 Å². The molecule has 10 nitrogen and oxygen atoms in total. The van der Waals surface area contributed by atoms with E-state index in [1.807, 2.05) is 0 Å². The van der Waals surface area contributed by atoms with Gasteiger partial charge in [0, 0.05) is 6.54 Å². The fourth-order valence-electron chi connectivity index (χ4n) is 1.09. The summed E-state index contributed by atoms with van der Waals surface area (Å²) in [5.74, 6) is -1.12. The number of nitrogens with zero attached hydrogens (tertiary/aromatic N) is 4. The van der Waals surface area contributed by atoms with Gasteiger partial charge in [0.05, 0.1) is 12.9 Å². The van der Waals surface area contributed by atoms with Gasteiger partial charge in [-0.25, -0.2) is 9.48 Å². The molecule has 1 heterocycles.